The number of carbonyl (C=O) groups excluding carboxylic acids is 1. The molecule has 0 radical (unpaired) electrons. The highest BCUT2D eigenvalue weighted by atomic mass is 28.3. The molecule has 124 valence electrons. The van der Waals surface area contributed by atoms with Gasteiger partial charge in [0.05, 0.1) is 6.42 Å². The van der Waals surface area contributed by atoms with Gasteiger partial charge in [0.25, 0.3) is 8.24 Å². The maximum atomic E-state index is 12.9. The van der Waals surface area contributed by atoms with Crippen molar-refractivity contribution in [2.45, 2.75) is 39.2 Å². The molecule has 0 atom stereocenters. The van der Waals surface area contributed by atoms with Crippen molar-refractivity contribution in [1.82, 2.24) is 4.67 Å². The largest absolute Gasteiger partial charge is 0.273 e. The van der Waals surface area contributed by atoms with Crippen LogP contribution in [-0.2, 0) is 4.79 Å². The molecule has 0 spiro atoms. The molecule has 1 amide bonds. The van der Waals surface area contributed by atoms with Crippen LogP contribution in [0.2, 0.25) is 5.04 Å². The standard InChI is InChI=1S/C20H24N2OSi/c1-16-15-19(23)22(21-16)24(20(2,3)4,17-11-7-5-8-12-17)18-13-9-6-10-14-18/h5-14H,15H2,1-4H3. The van der Waals surface area contributed by atoms with E-state index < -0.39 is 8.24 Å². The van der Waals surface area contributed by atoms with E-state index in [1.807, 2.05) is 23.7 Å². The summed E-state index contributed by atoms with van der Waals surface area (Å²) in [7, 11) is -2.62. The Morgan fingerprint density at radius 3 is 1.71 bits per heavy atom. The topological polar surface area (TPSA) is 32.7 Å². The minimum Gasteiger partial charge on any atom is -0.273 e. The summed E-state index contributed by atoms with van der Waals surface area (Å²) in [6.07, 6.45) is 0.421. The van der Waals surface area contributed by atoms with Crippen LogP contribution in [0.3, 0.4) is 0 Å². The number of hydrogen-bond acceptors (Lipinski definition) is 2. The fourth-order valence-electron chi connectivity index (χ4n) is 3.77. The summed E-state index contributed by atoms with van der Waals surface area (Å²) >= 11 is 0. The Labute approximate surface area is 145 Å². The first-order valence-corrected chi connectivity index (χ1v) is 10.3. The zero-order valence-electron chi connectivity index (χ0n) is 14.8. The lowest BCUT2D eigenvalue weighted by Gasteiger charge is -2.47. The molecule has 1 aliphatic heterocycles. The van der Waals surface area contributed by atoms with Gasteiger partial charge in [-0.25, -0.2) is 0 Å². The molecule has 2 aromatic carbocycles. The van der Waals surface area contributed by atoms with E-state index in [0.29, 0.717) is 6.42 Å². The first-order chi connectivity index (χ1) is 11.4. The molecular weight excluding hydrogens is 312 g/mol. The van der Waals surface area contributed by atoms with Gasteiger partial charge in [0.1, 0.15) is 0 Å². The molecular formula is C20H24N2OSi. The lowest BCUT2D eigenvalue weighted by atomic mass is 10.2. The van der Waals surface area contributed by atoms with Crippen molar-refractivity contribution in [3.63, 3.8) is 0 Å². The van der Waals surface area contributed by atoms with Crippen LogP contribution in [0.25, 0.3) is 0 Å². The van der Waals surface area contributed by atoms with Crippen LogP contribution in [0, 0.1) is 0 Å². The third-order valence-electron chi connectivity index (χ3n) is 4.70. The van der Waals surface area contributed by atoms with Gasteiger partial charge in [0.2, 0.25) is 5.91 Å². The zero-order chi connectivity index (χ0) is 17.4. The van der Waals surface area contributed by atoms with E-state index in [1.54, 1.807) is 0 Å². The van der Waals surface area contributed by atoms with Gasteiger partial charge in [-0.3, -0.25) is 9.47 Å². The monoisotopic (exact) mass is 336 g/mol. The first kappa shape index (κ1) is 16.6. The number of hydrazone groups is 1. The van der Waals surface area contributed by atoms with Crippen LogP contribution < -0.4 is 10.4 Å². The lowest BCUT2D eigenvalue weighted by Crippen LogP contribution is -2.74. The fourth-order valence-corrected chi connectivity index (χ4v) is 9.08. The summed E-state index contributed by atoms with van der Waals surface area (Å²) in [5.41, 5.74) is 0.896. The highest BCUT2D eigenvalue weighted by Crippen LogP contribution is 2.39. The summed E-state index contributed by atoms with van der Waals surface area (Å²) in [5, 5.41) is 7.05. The average molecular weight is 337 g/mol. The maximum absolute atomic E-state index is 12.9. The predicted molar refractivity (Wildman–Crippen MR) is 102 cm³/mol. The molecule has 4 heteroatoms. The van der Waals surface area contributed by atoms with Gasteiger partial charge < -0.3 is 0 Å². The highest BCUT2D eigenvalue weighted by Gasteiger charge is 2.56. The van der Waals surface area contributed by atoms with E-state index in [-0.39, 0.29) is 10.9 Å². The van der Waals surface area contributed by atoms with Gasteiger partial charge in [0.15, 0.2) is 0 Å². The smallest absolute Gasteiger partial charge is 0.255 e. The third kappa shape index (κ3) is 2.51. The second kappa shape index (κ2) is 6.02. The molecule has 2 aromatic rings. The third-order valence-corrected chi connectivity index (χ3v) is 10.2. The van der Waals surface area contributed by atoms with Crippen LogP contribution in [0.4, 0.5) is 0 Å². The van der Waals surface area contributed by atoms with Crippen molar-refractivity contribution in [1.29, 1.82) is 0 Å². The molecule has 0 aromatic heterocycles. The molecule has 3 nitrogen and oxygen atoms in total. The van der Waals surface area contributed by atoms with Crippen LogP contribution in [0.5, 0.6) is 0 Å². The van der Waals surface area contributed by atoms with E-state index >= 15 is 0 Å². The fraction of sp³-hybridized carbons (Fsp3) is 0.300. The summed E-state index contributed by atoms with van der Waals surface area (Å²) in [5.74, 6) is 0.113. The molecule has 0 unspecified atom stereocenters. The van der Waals surface area contributed by atoms with E-state index in [1.165, 1.54) is 10.4 Å². The Hall–Kier alpha value is -2.20. The number of nitrogens with zero attached hydrogens (tertiary/aromatic N) is 2. The van der Waals surface area contributed by atoms with E-state index in [9.17, 15) is 4.79 Å². The Morgan fingerprint density at radius 2 is 1.38 bits per heavy atom. The Bertz CT molecular complexity index is 724. The number of hydrogen-bond donors (Lipinski definition) is 0. The predicted octanol–water partition coefficient (Wildman–Crippen LogP) is 3.15. The van der Waals surface area contributed by atoms with Gasteiger partial charge in [0, 0.05) is 5.71 Å². The summed E-state index contributed by atoms with van der Waals surface area (Å²) in [4.78, 5) is 12.9. The van der Waals surface area contributed by atoms with Crippen molar-refractivity contribution >= 4 is 30.2 Å². The normalized spacial score (nSPS) is 15.6. The average Bonchev–Trinajstić information content (AvgIpc) is 2.88. The number of amides is 1. The van der Waals surface area contributed by atoms with Gasteiger partial charge in [-0.15, -0.1) is 0 Å². The minimum atomic E-state index is -2.62. The van der Waals surface area contributed by atoms with Crippen LogP contribution in [0.1, 0.15) is 34.1 Å². The van der Waals surface area contributed by atoms with E-state index in [4.69, 9.17) is 5.10 Å². The second-order valence-electron chi connectivity index (χ2n) is 7.41. The SMILES string of the molecule is CC1=NN([Si](c2ccccc2)(c2ccccc2)C(C)(C)C)C(=O)C1. The molecule has 0 fully saturated rings. The van der Waals surface area contributed by atoms with Crippen molar-refractivity contribution in [3.8, 4) is 0 Å². The molecule has 3 rings (SSSR count). The van der Waals surface area contributed by atoms with Crippen LogP contribution >= 0.6 is 0 Å². The Kier molecular flexibility index (Phi) is 4.18. The van der Waals surface area contributed by atoms with E-state index in [2.05, 4.69) is 69.3 Å². The van der Waals surface area contributed by atoms with Gasteiger partial charge >= 0.3 is 0 Å². The second-order valence-corrected chi connectivity index (χ2v) is 11.9. The lowest BCUT2D eigenvalue weighted by molar-refractivity contribution is -0.124. The van der Waals surface area contributed by atoms with Crippen molar-refractivity contribution < 1.29 is 4.79 Å². The first-order valence-electron chi connectivity index (χ1n) is 8.35. The molecule has 0 bridgehead atoms. The molecule has 1 heterocycles. The summed E-state index contributed by atoms with van der Waals surface area (Å²) in [6.45, 7) is 8.64. The van der Waals surface area contributed by atoms with Crippen LogP contribution in [-0.4, -0.2) is 24.5 Å². The zero-order valence-corrected chi connectivity index (χ0v) is 15.8. The highest BCUT2D eigenvalue weighted by molar-refractivity contribution is 7.03. The van der Waals surface area contributed by atoms with Gasteiger partial charge in [-0.05, 0) is 22.3 Å². The van der Waals surface area contributed by atoms with E-state index in [0.717, 1.165) is 5.71 Å². The maximum Gasteiger partial charge on any atom is 0.255 e. The Balaban J connectivity index is 2.37. The minimum absolute atomic E-state index is 0.112. The van der Waals surface area contributed by atoms with Crippen molar-refractivity contribution in [2.75, 3.05) is 0 Å². The Morgan fingerprint density at radius 1 is 0.917 bits per heavy atom. The number of benzene rings is 2. The molecule has 0 saturated heterocycles. The number of carbonyl (C=O) groups is 1. The quantitative estimate of drug-likeness (QED) is 0.793. The van der Waals surface area contributed by atoms with Gasteiger partial charge in [-0.2, -0.15) is 5.10 Å². The number of rotatable bonds is 3. The molecule has 0 aliphatic carbocycles. The molecule has 24 heavy (non-hydrogen) atoms. The van der Waals surface area contributed by atoms with Crippen molar-refractivity contribution in [3.05, 3.63) is 60.7 Å². The summed E-state index contributed by atoms with van der Waals surface area (Å²) in [6, 6.07) is 20.9. The summed E-state index contributed by atoms with van der Waals surface area (Å²) < 4.78 is 1.85. The van der Waals surface area contributed by atoms with Crippen LogP contribution in [0.15, 0.2) is 65.8 Å². The molecule has 1 aliphatic rings. The van der Waals surface area contributed by atoms with Gasteiger partial charge in [-0.1, -0.05) is 81.4 Å². The molecule has 0 saturated carbocycles. The van der Waals surface area contributed by atoms with Crippen molar-refractivity contribution in [2.24, 2.45) is 5.10 Å². The molecule has 0 N–H and O–H groups in total.